The van der Waals surface area contributed by atoms with Gasteiger partial charge in [0.15, 0.2) is 0 Å². The number of aliphatic hydroxyl groups excluding tert-OH is 1. The molecule has 1 heterocycles. The van der Waals surface area contributed by atoms with Crippen molar-refractivity contribution in [3.63, 3.8) is 0 Å². The van der Waals surface area contributed by atoms with Crippen LogP contribution in [0.3, 0.4) is 0 Å². The molecule has 0 aromatic heterocycles. The monoisotopic (exact) mass is 310 g/mol. The van der Waals surface area contributed by atoms with Gasteiger partial charge in [0.25, 0.3) is 0 Å². The van der Waals surface area contributed by atoms with Gasteiger partial charge < -0.3 is 10.4 Å². The normalized spacial score (nSPS) is 19.5. The van der Waals surface area contributed by atoms with Crippen molar-refractivity contribution >= 4 is 23.2 Å². The second kappa shape index (κ2) is 7.25. The van der Waals surface area contributed by atoms with Crippen LogP contribution < -0.4 is 5.32 Å². The lowest BCUT2D eigenvalue weighted by Crippen LogP contribution is -2.41. The zero-order chi connectivity index (χ0) is 15.4. The third kappa shape index (κ3) is 4.43. The molecule has 0 spiro atoms. The number of carbonyl (C=O) groups excluding carboxylic acids is 1. The fourth-order valence-corrected chi connectivity index (χ4v) is 3.27. The van der Waals surface area contributed by atoms with Gasteiger partial charge in [-0.2, -0.15) is 0 Å². The van der Waals surface area contributed by atoms with Crippen LogP contribution in [0.4, 0.5) is 5.69 Å². The van der Waals surface area contributed by atoms with E-state index >= 15 is 0 Å². The maximum atomic E-state index is 12.2. The third-order valence-electron chi connectivity index (χ3n) is 3.92. The summed E-state index contributed by atoms with van der Waals surface area (Å²) < 4.78 is 0. The van der Waals surface area contributed by atoms with Crippen molar-refractivity contribution in [2.24, 2.45) is 5.92 Å². The summed E-state index contributed by atoms with van der Waals surface area (Å²) >= 11 is 6.21. The number of likely N-dealkylation sites (tertiary alicyclic amines) is 1. The van der Waals surface area contributed by atoms with E-state index in [1.54, 1.807) is 0 Å². The SMILES string of the molecule is Cc1cc(C)c(NC(=O)CN2CCCC(CO)C2)c(Cl)c1. The number of rotatable bonds is 4. The Balaban J connectivity index is 1.96. The van der Waals surface area contributed by atoms with Crippen LogP contribution in [0, 0.1) is 19.8 Å². The highest BCUT2D eigenvalue weighted by atomic mass is 35.5. The number of hydrogen-bond acceptors (Lipinski definition) is 3. The first kappa shape index (κ1) is 16.3. The number of hydrogen-bond donors (Lipinski definition) is 2. The highest BCUT2D eigenvalue weighted by Crippen LogP contribution is 2.27. The van der Waals surface area contributed by atoms with E-state index in [-0.39, 0.29) is 18.4 Å². The van der Waals surface area contributed by atoms with E-state index in [1.165, 1.54) is 0 Å². The van der Waals surface area contributed by atoms with Gasteiger partial charge in [0.1, 0.15) is 0 Å². The van der Waals surface area contributed by atoms with E-state index in [2.05, 4.69) is 10.2 Å². The summed E-state index contributed by atoms with van der Waals surface area (Å²) in [6.45, 7) is 6.15. The molecule has 2 N–H and O–H groups in total. The molecule has 1 amide bonds. The van der Waals surface area contributed by atoms with Crippen LogP contribution in [-0.2, 0) is 4.79 Å². The Morgan fingerprint density at radius 1 is 1.48 bits per heavy atom. The molecule has 1 aliphatic rings. The Bertz CT molecular complexity index is 496. The summed E-state index contributed by atoms with van der Waals surface area (Å²) in [6.07, 6.45) is 2.07. The summed E-state index contributed by atoms with van der Waals surface area (Å²) in [6, 6.07) is 3.86. The van der Waals surface area contributed by atoms with Crippen molar-refractivity contribution in [3.8, 4) is 0 Å². The molecule has 1 aromatic carbocycles. The minimum atomic E-state index is -0.0533. The zero-order valence-electron chi connectivity index (χ0n) is 12.7. The molecular weight excluding hydrogens is 288 g/mol. The molecule has 1 fully saturated rings. The van der Waals surface area contributed by atoms with Crippen LogP contribution in [0.5, 0.6) is 0 Å². The molecule has 116 valence electrons. The summed E-state index contributed by atoms with van der Waals surface area (Å²) in [5.74, 6) is 0.235. The number of nitrogens with one attached hydrogen (secondary N) is 1. The molecule has 21 heavy (non-hydrogen) atoms. The fraction of sp³-hybridized carbons (Fsp3) is 0.562. The standard InChI is InChI=1S/C16H23ClN2O2/c1-11-6-12(2)16(14(17)7-11)18-15(21)9-19-5-3-4-13(8-19)10-20/h6-7,13,20H,3-5,8-10H2,1-2H3,(H,18,21). The Labute approximate surface area is 131 Å². The quantitative estimate of drug-likeness (QED) is 0.899. The van der Waals surface area contributed by atoms with Crippen LogP contribution in [0.1, 0.15) is 24.0 Å². The Kier molecular flexibility index (Phi) is 5.62. The second-order valence-electron chi connectivity index (χ2n) is 5.91. The first-order valence-corrected chi connectivity index (χ1v) is 7.77. The lowest BCUT2D eigenvalue weighted by molar-refractivity contribution is -0.117. The number of amides is 1. The van der Waals surface area contributed by atoms with Gasteiger partial charge in [-0.3, -0.25) is 9.69 Å². The number of carbonyl (C=O) groups is 1. The van der Waals surface area contributed by atoms with E-state index in [1.807, 2.05) is 26.0 Å². The van der Waals surface area contributed by atoms with Crippen LogP contribution in [-0.4, -0.2) is 42.2 Å². The van der Waals surface area contributed by atoms with Crippen LogP contribution in [0.25, 0.3) is 0 Å². The van der Waals surface area contributed by atoms with Crippen molar-refractivity contribution in [2.45, 2.75) is 26.7 Å². The highest BCUT2D eigenvalue weighted by molar-refractivity contribution is 6.34. The molecule has 0 aliphatic carbocycles. The van der Waals surface area contributed by atoms with Crippen molar-refractivity contribution in [1.29, 1.82) is 0 Å². The molecule has 1 aromatic rings. The molecule has 1 aliphatic heterocycles. The molecule has 2 rings (SSSR count). The van der Waals surface area contributed by atoms with Crippen LogP contribution in [0.15, 0.2) is 12.1 Å². The van der Waals surface area contributed by atoms with Gasteiger partial charge in [-0.25, -0.2) is 0 Å². The van der Waals surface area contributed by atoms with Gasteiger partial charge in [0.2, 0.25) is 5.91 Å². The average Bonchev–Trinajstić information content (AvgIpc) is 2.43. The van der Waals surface area contributed by atoms with Crippen molar-refractivity contribution < 1.29 is 9.90 Å². The van der Waals surface area contributed by atoms with E-state index in [0.29, 0.717) is 17.3 Å². The van der Waals surface area contributed by atoms with Crippen LogP contribution >= 0.6 is 11.6 Å². The minimum absolute atomic E-state index is 0.0533. The van der Waals surface area contributed by atoms with Gasteiger partial charge in [0.05, 0.1) is 17.3 Å². The smallest absolute Gasteiger partial charge is 0.238 e. The number of benzene rings is 1. The van der Waals surface area contributed by atoms with Gasteiger partial charge in [-0.1, -0.05) is 17.7 Å². The van der Waals surface area contributed by atoms with Gasteiger partial charge >= 0.3 is 0 Å². The molecule has 4 nitrogen and oxygen atoms in total. The molecule has 0 radical (unpaired) electrons. The number of aliphatic hydroxyl groups is 1. The Hall–Kier alpha value is -1.10. The number of anilines is 1. The molecule has 0 bridgehead atoms. The third-order valence-corrected chi connectivity index (χ3v) is 4.22. The summed E-state index contributed by atoms with van der Waals surface area (Å²) in [5, 5.41) is 12.7. The second-order valence-corrected chi connectivity index (χ2v) is 6.32. The van der Waals surface area contributed by atoms with E-state index in [0.717, 1.165) is 37.1 Å². The number of halogens is 1. The Morgan fingerprint density at radius 2 is 2.24 bits per heavy atom. The summed E-state index contributed by atoms with van der Waals surface area (Å²) in [4.78, 5) is 14.3. The predicted molar refractivity (Wildman–Crippen MR) is 85.8 cm³/mol. The number of piperidine rings is 1. The first-order chi connectivity index (χ1) is 9.99. The minimum Gasteiger partial charge on any atom is -0.396 e. The molecular formula is C16H23ClN2O2. The molecule has 0 saturated carbocycles. The van der Waals surface area contributed by atoms with E-state index in [9.17, 15) is 9.90 Å². The topological polar surface area (TPSA) is 52.6 Å². The van der Waals surface area contributed by atoms with Gasteiger partial charge in [0, 0.05) is 13.2 Å². The lowest BCUT2D eigenvalue weighted by atomic mass is 9.99. The average molecular weight is 311 g/mol. The summed E-state index contributed by atoms with van der Waals surface area (Å²) in [7, 11) is 0. The molecule has 1 atom stereocenters. The van der Waals surface area contributed by atoms with Crippen molar-refractivity contribution in [2.75, 3.05) is 31.6 Å². The predicted octanol–water partition coefficient (Wildman–Crippen LogP) is 2.60. The maximum Gasteiger partial charge on any atom is 0.238 e. The van der Waals surface area contributed by atoms with Gasteiger partial charge in [-0.05, 0) is 56.3 Å². The van der Waals surface area contributed by atoms with Crippen LogP contribution in [0.2, 0.25) is 5.02 Å². The van der Waals surface area contributed by atoms with E-state index < -0.39 is 0 Å². The highest BCUT2D eigenvalue weighted by Gasteiger charge is 2.21. The first-order valence-electron chi connectivity index (χ1n) is 7.39. The largest absolute Gasteiger partial charge is 0.396 e. The zero-order valence-corrected chi connectivity index (χ0v) is 13.4. The van der Waals surface area contributed by atoms with Gasteiger partial charge in [-0.15, -0.1) is 0 Å². The molecule has 5 heteroatoms. The lowest BCUT2D eigenvalue weighted by Gasteiger charge is -2.31. The number of nitrogens with zero attached hydrogens (tertiary/aromatic N) is 1. The Morgan fingerprint density at radius 3 is 2.90 bits per heavy atom. The fourth-order valence-electron chi connectivity index (χ4n) is 2.90. The maximum absolute atomic E-state index is 12.2. The molecule has 1 unspecified atom stereocenters. The van der Waals surface area contributed by atoms with E-state index in [4.69, 9.17) is 11.6 Å². The van der Waals surface area contributed by atoms with Crippen molar-refractivity contribution in [3.05, 3.63) is 28.3 Å². The molecule has 1 saturated heterocycles. The number of aryl methyl sites for hydroxylation is 2. The van der Waals surface area contributed by atoms with Crippen molar-refractivity contribution in [1.82, 2.24) is 4.90 Å². The summed E-state index contributed by atoms with van der Waals surface area (Å²) in [5.41, 5.74) is 2.75.